The lowest BCUT2D eigenvalue weighted by molar-refractivity contribution is -0.108. The van der Waals surface area contributed by atoms with E-state index >= 15 is 0 Å². The lowest BCUT2D eigenvalue weighted by Crippen LogP contribution is -2.37. The molecule has 0 fully saturated rings. The zero-order valence-electron chi connectivity index (χ0n) is 6.91. The van der Waals surface area contributed by atoms with Crippen LogP contribution in [-0.2, 0) is 0 Å². The van der Waals surface area contributed by atoms with Gasteiger partial charge >= 0.3 is 0 Å². The molecular weight excluding hydrogens is 198 g/mol. The molecule has 0 aromatic rings. The molecule has 6 heteroatoms. The first-order valence-corrected chi connectivity index (χ1v) is 3.75. The van der Waals surface area contributed by atoms with Crippen molar-refractivity contribution in [1.82, 2.24) is 0 Å². The smallest absolute Gasteiger partial charge is 0.244 e. The van der Waals surface area contributed by atoms with Gasteiger partial charge in [-0.15, -0.1) is 0 Å². The Hall–Kier alpha value is -0.420. The van der Waals surface area contributed by atoms with Crippen LogP contribution in [0.2, 0.25) is 0 Å². The summed E-state index contributed by atoms with van der Waals surface area (Å²) in [6.45, 7) is 0.960. The normalized spacial score (nSPS) is 17.5. The Kier molecular flexibility index (Phi) is 4.56. The summed E-state index contributed by atoms with van der Waals surface area (Å²) in [5, 5.41) is 0. The van der Waals surface area contributed by atoms with Crippen molar-refractivity contribution in [3.05, 3.63) is 0 Å². The molecule has 0 nitrogen and oxygen atoms in total. The quantitative estimate of drug-likeness (QED) is 0.607. The van der Waals surface area contributed by atoms with Crippen LogP contribution in [0.15, 0.2) is 0 Å². The van der Waals surface area contributed by atoms with Crippen LogP contribution in [0.25, 0.3) is 0 Å². The van der Waals surface area contributed by atoms with Gasteiger partial charge in [0.25, 0.3) is 5.92 Å². The van der Waals surface area contributed by atoms with Gasteiger partial charge in [0.05, 0.1) is 0 Å². The Morgan fingerprint density at radius 1 is 1.08 bits per heavy atom. The van der Waals surface area contributed by atoms with Crippen LogP contribution in [0.4, 0.5) is 26.3 Å². The fraction of sp³-hybridized carbons (Fsp3) is 1.00. The number of alkyl halides is 6. The molecule has 13 heavy (non-hydrogen) atoms. The van der Waals surface area contributed by atoms with Gasteiger partial charge in [0.2, 0.25) is 6.43 Å². The van der Waals surface area contributed by atoms with E-state index in [1.807, 2.05) is 0 Å². The Morgan fingerprint density at radius 3 is 1.85 bits per heavy atom. The highest BCUT2D eigenvalue weighted by Crippen LogP contribution is 2.30. The average Bonchev–Trinajstić information content (AvgIpc) is 2.01. The molecule has 0 aromatic carbocycles. The highest BCUT2D eigenvalue weighted by Gasteiger charge is 2.44. The van der Waals surface area contributed by atoms with Crippen LogP contribution < -0.4 is 0 Å². The molecule has 0 rings (SSSR count). The number of hydrogen-bond donors (Lipinski definition) is 0. The second kappa shape index (κ2) is 4.72. The molecule has 0 aromatic heterocycles. The molecule has 2 atom stereocenters. The molecule has 80 valence electrons. The van der Waals surface area contributed by atoms with E-state index in [0.717, 1.165) is 6.92 Å². The molecule has 0 aliphatic heterocycles. The minimum Gasteiger partial charge on any atom is -0.244 e. The lowest BCUT2D eigenvalue weighted by atomic mass is 10.1. The number of halogens is 6. The molecule has 1 unspecified atom stereocenters. The first-order chi connectivity index (χ1) is 5.81. The molecule has 0 radical (unpaired) electrons. The van der Waals surface area contributed by atoms with E-state index in [0.29, 0.717) is 0 Å². The van der Waals surface area contributed by atoms with Crippen LogP contribution in [0.3, 0.4) is 0 Å². The zero-order chi connectivity index (χ0) is 10.6. The van der Waals surface area contributed by atoms with Crippen LogP contribution in [0, 0.1) is 0 Å². The molecular formula is C7H10F6. The summed E-state index contributed by atoms with van der Waals surface area (Å²) in [5.74, 6) is -3.87. The topological polar surface area (TPSA) is 0 Å². The zero-order valence-corrected chi connectivity index (χ0v) is 6.91. The van der Waals surface area contributed by atoms with Crippen molar-refractivity contribution in [2.45, 2.75) is 44.5 Å². The van der Waals surface area contributed by atoms with Crippen molar-refractivity contribution in [1.29, 1.82) is 0 Å². The highest BCUT2D eigenvalue weighted by atomic mass is 19.3. The largest absolute Gasteiger partial charge is 0.281 e. The predicted octanol–water partition coefficient (Wildman–Crippen LogP) is 3.36. The molecule has 0 saturated carbocycles. The van der Waals surface area contributed by atoms with Crippen LogP contribution in [-0.4, -0.2) is 24.7 Å². The summed E-state index contributed by atoms with van der Waals surface area (Å²) in [7, 11) is 0. The molecule has 0 spiro atoms. The summed E-state index contributed by atoms with van der Waals surface area (Å²) in [5.41, 5.74) is 0. The van der Waals surface area contributed by atoms with Gasteiger partial charge in [-0.1, -0.05) is 6.92 Å². The average molecular weight is 208 g/mol. The predicted molar refractivity (Wildman–Crippen MR) is 35.7 cm³/mol. The molecule has 0 aliphatic rings. The SMILES string of the molecule is CCC(F)(F)[C@@H](F)C(F)CC(F)F. The third-order valence-electron chi connectivity index (χ3n) is 1.60. The van der Waals surface area contributed by atoms with E-state index in [9.17, 15) is 26.3 Å². The Balaban J connectivity index is 4.16. The molecule has 0 heterocycles. The third kappa shape index (κ3) is 3.87. The Morgan fingerprint density at radius 2 is 1.54 bits per heavy atom. The van der Waals surface area contributed by atoms with E-state index < -0.39 is 37.5 Å². The number of rotatable bonds is 5. The van der Waals surface area contributed by atoms with E-state index in [1.54, 1.807) is 0 Å². The fourth-order valence-corrected chi connectivity index (χ4v) is 0.749. The summed E-state index contributed by atoms with van der Waals surface area (Å²) in [4.78, 5) is 0. The van der Waals surface area contributed by atoms with E-state index in [1.165, 1.54) is 0 Å². The second-order valence-electron chi connectivity index (χ2n) is 2.66. The van der Waals surface area contributed by atoms with Gasteiger partial charge < -0.3 is 0 Å². The van der Waals surface area contributed by atoms with E-state index in [4.69, 9.17) is 0 Å². The number of hydrogen-bond acceptors (Lipinski definition) is 0. The van der Waals surface area contributed by atoms with Crippen LogP contribution in [0.1, 0.15) is 19.8 Å². The van der Waals surface area contributed by atoms with E-state index in [-0.39, 0.29) is 0 Å². The summed E-state index contributed by atoms with van der Waals surface area (Å²) < 4.78 is 72.6. The van der Waals surface area contributed by atoms with Gasteiger partial charge in [-0.2, -0.15) is 0 Å². The van der Waals surface area contributed by atoms with Crippen molar-refractivity contribution in [2.24, 2.45) is 0 Å². The third-order valence-corrected chi connectivity index (χ3v) is 1.60. The van der Waals surface area contributed by atoms with Gasteiger partial charge in [0.1, 0.15) is 6.17 Å². The molecule has 0 saturated heterocycles. The first kappa shape index (κ1) is 12.6. The van der Waals surface area contributed by atoms with Gasteiger partial charge in [-0.25, -0.2) is 26.3 Å². The first-order valence-electron chi connectivity index (χ1n) is 3.75. The van der Waals surface area contributed by atoms with Crippen molar-refractivity contribution in [2.75, 3.05) is 0 Å². The van der Waals surface area contributed by atoms with Crippen molar-refractivity contribution in [3.8, 4) is 0 Å². The molecule has 0 amide bonds. The maximum absolute atomic E-state index is 12.5. The lowest BCUT2D eigenvalue weighted by Gasteiger charge is -2.21. The standard InChI is InChI=1S/C7H10F6/c1-2-7(12,13)6(11)4(8)3-5(9)10/h4-6H,2-3H2,1H3/t4?,6-/m0/s1. The Bertz CT molecular complexity index is 146. The minimum atomic E-state index is -3.87. The maximum atomic E-state index is 12.5. The summed E-state index contributed by atoms with van der Waals surface area (Å²) in [6, 6.07) is 0. The van der Waals surface area contributed by atoms with Crippen molar-refractivity contribution < 1.29 is 26.3 Å². The Labute approximate surface area is 71.9 Å². The van der Waals surface area contributed by atoms with Crippen LogP contribution in [0.5, 0.6) is 0 Å². The maximum Gasteiger partial charge on any atom is 0.281 e. The monoisotopic (exact) mass is 208 g/mol. The summed E-state index contributed by atoms with van der Waals surface area (Å²) in [6.07, 6.45) is -11.5. The second-order valence-corrected chi connectivity index (χ2v) is 2.66. The summed E-state index contributed by atoms with van der Waals surface area (Å²) >= 11 is 0. The molecule has 0 bridgehead atoms. The van der Waals surface area contributed by atoms with Crippen molar-refractivity contribution in [3.63, 3.8) is 0 Å². The van der Waals surface area contributed by atoms with Gasteiger partial charge in [-0.05, 0) is 0 Å². The van der Waals surface area contributed by atoms with Crippen LogP contribution >= 0.6 is 0 Å². The van der Waals surface area contributed by atoms with Crippen molar-refractivity contribution >= 4 is 0 Å². The van der Waals surface area contributed by atoms with Gasteiger partial charge in [0, 0.05) is 12.8 Å². The van der Waals surface area contributed by atoms with Gasteiger partial charge in [-0.3, -0.25) is 0 Å². The molecule has 0 aliphatic carbocycles. The van der Waals surface area contributed by atoms with Gasteiger partial charge in [0.15, 0.2) is 6.17 Å². The minimum absolute atomic E-state index is 0.905. The highest BCUT2D eigenvalue weighted by molar-refractivity contribution is 4.82. The fourth-order valence-electron chi connectivity index (χ4n) is 0.749. The molecule has 0 N–H and O–H groups in total. The van der Waals surface area contributed by atoms with E-state index in [2.05, 4.69) is 0 Å².